The molecule has 2 aromatic carbocycles. The molecular formula is C19H17F3N4O2. The second kappa shape index (κ2) is 8.12. The van der Waals surface area contributed by atoms with E-state index in [1.54, 1.807) is 17.9 Å². The molecule has 1 amide bonds. The van der Waals surface area contributed by atoms with E-state index in [0.29, 0.717) is 12.1 Å². The van der Waals surface area contributed by atoms with E-state index in [9.17, 15) is 18.0 Å². The summed E-state index contributed by atoms with van der Waals surface area (Å²) < 4.78 is 42.0. The summed E-state index contributed by atoms with van der Waals surface area (Å²) in [5, 5.41) is 7.87. The molecule has 0 radical (unpaired) electrons. The minimum Gasteiger partial charge on any atom is -0.406 e. The second-order valence-corrected chi connectivity index (χ2v) is 6.14. The maximum absolute atomic E-state index is 12.5. The van der Waals surface area contributed by atoms with Crippen LogP contribution in [0.25, 0.3) is 0 Å². The Morgan fingerprint density at radius 1 is 1.07 bits per heavy atom. The molecule has 0 fully saturated rings. The Morgan fingerprint density at radius 2 is 1.75 bits per heavy atom. The van der Waals surface area contributed by atoms with Gasteiger partial charge in [0, 0.05) is 13.6 Å². The minimum absolute atomic E-state index is 0.190. The molecule has 1 heterocycles. The number of carbonyl (C=O) groups excluding carboxylic acids is 1. The maximum Gasteiger partial charge on any atom is 0.573 e. The van der Waals surface area contributed by atoms with Crippen molar-refractivity contribution < 1.29 is 22.7 Å². The van der Waals surface area contributed by atoms with Crippen molar-refractivity contribution in [1.29, 1.82) is 0 Å². The Morgan fingerprint density at radius 3 is 2.39 bits per heavy atom. The average molecular weight is 390 g/mol. The zero-order chi connectivity index (χ0) is 20.1. The molecule has 0 aliphatic heterocycles. The molecule has 3 rings (SSSR count). The van der Waals surface area contributed by atoms with Crippen molar-refractivity contribution in [2.24, 2.45) is 0 Å². The van der Waals surface area contributed by atoms with Crippen molar-refractivity contribution in [2.45, 2.75) is 19.5 Å². The molecule has 0 spiro atoms. The van der Waals surface area contributed by atoms with Gasteiger partial charge in [0.1, 0.15) is 5.75 Å². The van der Waals surface area contributed by atoms with Gasteiger partial charge in [-0.05, 0) is 23.3 Å². The van der Waals surface area contributed by atoms with E-state index in [4.69, 9.17) is 0 Å². The molecule has 0 saturated carbocycles. The highest BCUT2D eigenvalue weighted by atomic mass is 19.4. The number of halogens is 3. The summed E-state index contributed by atoms with van der Waals surface area (Å²) in [4.78, 5) is 13.9. The Kier molecular flexibility index (Phi) is 5.62. The first-order chi connectivity index (χ1) is 13.3. The molecule has 28 heavy (non-hydrogen) atoms. The van der Waals surface area contributed by atoms with Gasteiger partial charge < -0.3 is 9.64 Å². The predicted molar refractivity (Wildman–Crippen MR) is 94.5 cm³/mol. The van der Waals surface area contributed by atoms with E-state index < -0.39 is 6.36 Å². The summed E-state index contributed by atoms with van der Waals surface area (Å²) >= 11 is 0. The van der Waals surface area contributed by atoms with Gasteiger partial charge in [-0.2, -0.15) is 0 Å². The molecule has 6 nitrogen and oxygen atoms in total. The van der Waals surface area contributed by atoms with Crippen LogP contribution in [0.4, 0.5) is 13.2 Å². The van der Waals surface area contributed by atoms with Gasteiger partial charge in [-0.3, -0.25) is 4.79 Å². The van der Waals surface area contributed by atoms with E-state index in [1.807, 2.05) is 30.3 Å². The van der Waals surface area contributed by atoms with E-state index >= 15 is 0 Å². The molecule has 0 aliphatic carbocycles. The standard InChI is InChI=1S/C19H17F3N4O2/c1-25(11-15-7-9-16(10-8-15)28-19(20,21)22)18(27)17-13-26(24-23-17)12-14-5-3-2-4-6-14/h2-10,13H,11-12H2,1H3. The summed E-state index contributed by atoms with van der Waals surface area (Å²) in [6.07, 6.45) is -3.17. The lowest BCUT2D eigenvalue weighted by Crippen LogP contribution is -2.26. The summed E-state index contributed by atoms with van der Waals surface area (Å²) in [5.74, 6) is -0.649. The number of hydrogen-bond acceptors (Lipinski definition) is 4. The molecular weight excluding hydrogens is 373 g/mol. The van der Waals surface area contributed by atoms with Crippen molar-refractivity contribution in [3.8, 4) is 5.75 Å². The van der Waals surface area contributed by atoms with Crippen LogP contribution in [0.2, 0.25) is 0 Å². The van der Waals surface area contributed by atoms with Gasteiger partial charge in [-0.1, -0.05) is 47.7 Å². The monoisotopic (exact) mass is 390 g/mol. The smallest absolute Gasteiger partial charge is 0.406 e. The van der Waals surface area contributed by atoms with Crippen LogP contribution in [0, 0.1) is 0 Å². The Bertz CT molecular complexity index is 924. The highest BCUT2D eigenvalue weighted by Gasteiger charge is 2.31. The van der Waals surface area contributed by atoms with Gasteiger partial charge in [0.2, 0.25) is 0 Å². The Labute approximate surface area is 159 Å². The fourth-order valence-corrected chi connectivity index (χ4v) is 2.58. The number of nitrogens with zero attached hydrogens (tertiary/aromatic N) is 4. The average Bonchev–Trinajstić information content (AvgIpc) is 3.10. The topological polar surface area (TPSA) is 60.2 Å². The van der Waals surface area contributed by atoms with Gasteiger partial charge in [-0.15, -0.1) is 18.3 Å². The van der Waals surface area contributed by atoms with Crippen molar-refractivity contribution in [3.05, 3.63) is 77.6 Å². The first-order valence-corrected chi connectivity index (χ1v) is 8.34. The Balaban J connectivity index is 1.60. The number of carbonyl (C=O) groups is 1. The van der Waals surface area contributed by atoms with Crippen molar-refractivity contribution in [1.82, 2.24) is 19.9 Å². The van der Waals surface area contributed by atoms with Crippen LogP contribution in [0.5, 0.6) is 5.75 Å². The molecule has 0 bridgehead atoms. The summed E-state index contributed by atoms with van der Waals surface area (Å²) in [6, 6.07) is 15.0. The fraction of sp³-hybridized carbons (Fsp3) is 0.211. The predicted octanol–water partition coefficient (Wildman–Crippen LogP) is 3.50. The maximum atomic E-state index is 12.5. The number of benzene rings is 2. The molecule has 9 heteroatoms. The number of hydrogen-bond donors (Lipinski definition) is 0. The largest absolute Gasteiger partial charge is 0.573 e. The van der Waals surface area contributed by atoms with Gasteiger partial charge in [0.15, 0.2) is 5.69 Å². The highest BCUT2D eigenvalue weighted by molar-refractivity contribution is 5.91. The van der Waals surface area contributed by atoms with Gasteiger partial charge in [-0.25, -0.2) is 4.68 Å². The third-order valence-electron chi connectivity index (χ3n) is 3.87. The zero-order valence-electron chi connectivity index (χ0n) is 14.9. The van der Waals surface area contributed by atoms with Crippen molar-refractivity contribution in [2.75, 3.05) is 7.05 Å². The minimum atomic E-state index is -4.74. The van der Waals surface area contributed by atoms with Crippen LogP contribution in [0.3, 0.4) is 0 Å². The Hall–Kier alpha value is -3.36. The van der Waals surface area contributed by atoms with E-state index in [2.05, 4.69) is 15.0 Å². The molecule has 1 aromatic heterocycles. The van der Waals surface area contributed by atoms with E-state index in [0.717, 1.165) is 5.56 Å². The fourth-order valence-electron chi connectivity index (χ4n) is 2.58. The van der Waals surface area contributed by atoms with Crippen LogP contribution >= 0.6 is 0 Å². The molecule has 146 valence electrons. The first kappa shape index (κ1) is 19.4. The lowest BCUT2D eigenvalue weighted by atomic mass is 10.2. The van der Waals surface area contributed by atoms with Crippen LogP contribution < -0.4 is 4.74 Å². The SMILES string of the molecule is CN(Cc1ccc(OC(F)(F)F)cc1)C(=O)c1cn(Cc2ccccc2)nn1. The van der Waals surface area contributed by atoms with Gasteiger partial charge in [0.05, 0.1) is 12.7 Å². The normalized spacial score (nSPS) is 11.3. The number of aromatic nitrogens is 3. The number of rotatable bonds is 6. The third kappa shape index (κ3) is 5.32. The van der Waals surface area contributed by atoms with Crippen LogP contribution in [-0.2, 0) is 13.1 Å². The number of amides is 1. The quantitative estimate of drug-likeness (QED) is 0.647. The van der Waals surface area contributed by atoms with Gasteiger partial charge in [0.25, 0.3) is 5.91 Å². The lowest BCUT2D eigenvalue weighted by molar-refractivity contribution is -0.274. The lowest BCUT2D eigenvalue weighted by Gasteiger charge is -2.16. The molecule has 3 aromatic rings. The zero-order valence-corrected chi connectivity index (χ0v) is 14.9. The molecule has 0 aliphatic rings. The molecule has 0 saturated heterocycles. The summed E-state index contributed by atoms with van der Waals surface area (Å²) in [5.41, 5.74) is 1.87. The number of ether oxygens (including phenoxy) is 1. The number of alkyl halides is 3. The highest BCUT2D eigenvalue weighted by Crippen LogP contribution is 2.23. The van der Waals surface area contributed by atoms with Crippen molar-refractivity contribution >= 4 is 5.91 Å². The summed E-state index contributed by atoms with van der Waals surface area (Å²) in [7, 11) is 1.58. The molecule has 0 atom stereocenters. The third-order valence-corrected chi connectivity index (χ3v) is 3.87. The summed E-state index contributed by atoms with van der Waals surface area (Å²) in [6.45, 7) is 0.697. The second-order valence-electron chi connectivity index (χ2n) is 6.14. The van der Waals surface area contributed by atoms with Gasteiger partial charge >= 0.3 is 6.36 Å². The molecule has 0 N–H and O–H groups in total. The van der Waals surface area contributed by atoms with Crippen molar-refractivity contribution in [3.63, 3.8) is 0 Å². The van der Waals surface area contributed by atoms with E-state index in [1.165, 1.54) is 29.2 Å². The van der Waals surface area contributed by atoms with Crippen LogP contribution in [-0.4, -0.2) is 39.2 Å². The van der Waals surface area contributed by atoms with Crippen LogP contribution in [0.15, 0.2) is 60.8 Å². The van der Waals surface area contributed by atoms with E-state index in [-0.39, 0.29) is 23.9 Å². The van der Waals surface area contributed by atoms with Crippen LogP contribution in [0.1, 0.15) is 21.6 Å². The molecule has 0 unspecified atom stereocenters. The first-order valence-electron chi connectivity index (χ1n) is 8.34.